The van der Waals surface area contributed by atoms with Crippen LogP contribution in [0.15, 0.2) is 133 Å². The zero-order valence-corrected chi connectivity index (χ0v) is 25.9. The van der Waals surface area contributed by atoms with Crippen LogP contribution in [-0.4, -0.2) is 9.13 Å². The largest absolute Gasteiger partial charge is 0.344 e. The Morgan fingerprint density at radius 2 is 0.652 bits per heavy atom. The highest BCUT2D eigenvalue weighted by Crippen LogP contribution is 2.36. The summed E-state index contributed by atoms with van der Waals surface area (Å²) in [5.41, 5.74) is 9.90. The molecule has 7 aromatic carbocycles. The summed E-state index contributed by atoms with van der Waals surface area (Å²) >= 11 is 0. The SMILES string of the molecule is Cn1c2ccccc2c2ccc(/C=C/c3c4ccccc4c(/C=C/c4ccc5c6ccccc6n(C)c5c4)c4ccccc34)cc21. The Bertz CT molecular complexity index is 2470. The average molecular weight is 589 g/mol. The van der Waals surface area contributed by atoms with E-state index in [1.165, 1.54) is 87.4 Å². The molecule has 0 saturated carbocycles. The van der Waals surface area contributed by atoms with E-state index in [0.29, 0.717) is 0 Å². The maximum absolute atomic E-state index is 2.31. The van der Waals surface area contributed by atoms with E-state index in [4.69, 9.17) is 0 Å². The van der Waals surface area contributed by atoms with E-state index >= 15 is 0 Å². The third kappa shape index (κ3) is 4.04. The predicted octanol–water partition coefficient (Wildman–Crippen LogP) is 11.6. The van der Waals surface area contributed by atoms with Crippen molar-refractivity contribution in [1.29, 1.82) is 0 Å². The van der Waals surface area contributed by atoms with Crippen LogP contribution in [-0.2, 0) is 14.1 Å². The molecule has 0 radical (unpaired) electrons. The molecule has 46 heavy (non-hydrogen) atoms. The van der Waals surface area contributed by atoms with E-state index < -0.39 is 0 Å². The highest BCUT2D eigenvalue weighted by Gasteiger charge is 2.12. The normalized spacial score (nSPS) is 12.4. The number of aromatic nitrogens is 2. The van der Waals surface area contributed by atoms with Crippen LogP contribution >= 0.6 is 0 Å². The predicted molar refractivity (Wildman–Crippen MR) is 200 cm³/mol. The molecular formula is C44H32N2. The number of benzene rings is 7. The van der Waals surface area contributed by atoms with Crippen molar-refractivity contribution >= 4 is 89.5 Å². The zero-order valence-electron chi connectivity index (χ0n) is 25.9. The Hall–Kier alpha value is -5.86. The van der Waals surface area contributed by atoms with E-state index in [1.54, 1.807) is 0 Å². The van der Waals surface area contributed by atoms with Crippen molar-refractivity contribution in [2.24, 2.45) is 14.1 Å². The number of hydrogen-bond acceptors (Lipinski definition) is 0. The Morgan fingerprint density at radius 1 is 0.326 bits per heavy atom. The first-order chi connectivity index (χ1) is 22.7. The van der Waals surface area contributed by atoms with Gasteiger partial charge < -0.3 is 9.13 Å². The molecule has 2 aromatic heterocycles. The number of para-hydroxylation sites is 2. The van der Waals surface area contributed by atoms with Crippen molar-refractivity contribution in [1.82, 2.24) is 9.13 Å². The lowest BCUT2D eigenvalue weighted by Gasteiger charge is -2.13. The van der Waals surface area contributed by atoms with E-state index in [9.17, 15) is 0 Å². The molecular weight excluding hydrogens is 556 g/mol. The van der Waals surface area contributed by atoms with Crippen LogP contribution in [0, 0.1) is 0 Å². The topological polar surface area (TPSA) is 9.86 Å². The van der Waals surface area contributed by atoms with Gasteiger partial charge in [-0.25, -0.2) is 0 Å². The molecule has 0 aliphatic carbocycles. The average Bonchev–Trinajstić information content (AvgIpc) is 3.56. The van der Waals surface area contributed by atoms with Gasteiger partial charge >= 0.3 is 0 Å². The second-order valence-corrected chi connectivity index (χ2v) is 12.3. The first-order valence-electron chi connectivity index (χ1n) is 15.9. The molecule has 2 heteroatoms. The van der Waals surface area contributed by atoms with Crippen molar-refractivity contribution in [3.05, 3.63) is 156 Å². The summed E-state index contributed by atoms with van der Waals surface area (Å²) in [6, 6.07) is 48.5. The van der Waals surface area contributed by atoms with Gasteiger partial charge in [0.05, 0.1) is 0 Å². The first-order valence-corrected chi connectivity index (χ1v) is 15.9. The van der Waals surface area contributed by atoms with Gasteiger partial charge in [-0.3, -0.25) is 0 Å². The lowest BCUT2D eigenvalue weighted by Crippen LogP contribution is -1.89. The molecule has 9 rings (SSSR count). The quantitative estimate of drug-likeness (QED) is 0.143. The van der Waals surface area contributed by atoms with Crippen LogP contribution in [0.1, 0.15) is 22.3 Å². The van der Waals surface area contributed by atoms with Crippen molar-refractivity contribution in [2.75, 3.05) is 0 Å². The number of rotatable bonds is 4. The van der Waals surface area contributed by atoms with Crippen LogP contribution in [0.4, 0.5) is 0 Å². The van der Waals surface area contributed by atoms with E-state index in [0.717, 1.165) is 0 Å². The van der Waals surface area contributed by atoms with Gasteiger partial charge in [0.2, 0.25) is 0 Å². The number of hydrogen-bond donors (Lipinski definition) is 0. The fraction of sp³-hybridized carbons (Fsp3) is 0.0455. The van der Waals surface area contributed by atoms with Gasteiger partial charge in [-0.05, 0) is 68.1 Å². The molecule has 0 bridgehead atoms. The highest BCUT2D eigenvalue weighted by atomic mass is 14.9. The molecule has 0 amide bonds. The summed E-state index contributed by atoms with van der Waals surface area (Å²) in [7, 11) is 4.32. The molecule has 0 aliphatic heterocycles. The third-order valence-electron chi connectivity index (χ3n) is 9.78. The van der Waals surface area contributed by atoms with Crippen molar-refractivity contribution < 1.29 is 0 Å². The van der Waals surface area contributed by atoms with Crippen LogP contribution in [0.5, 0.6) is 0 Å². The fourth-order valence-corrected chi connectivity index (χ4v) is 7.48. The molecule has 2 nitrogen and oxygen atoms in total. The lowest BCUT2D eigenvalue weighted by atomic mass is 9.90. The molecule has 0 unspecified atom stereocenters. The Morgan fingerprint density at radius 3 is 1.04 bits per heavy atom. The molecule has 0 atom stereocenters. The number of aryl methyl sites for hydroxylation is 2. The Balaban J connectivity index is 1.17. The zero-order chi connectivity index (χ0) is 30.8. The minimum absolute atomic E-state index is 1.19. The van der Waals surface area contributed by atoms with Crippen molar-refractivity contribution in [2.45, 2.75) is 0 Å². The molecule has 218 valence electrons. The minimum atomic E-state index is 1.19. The minimum Gasteiger partial charge on any atom is -0.344 e. The van der Waals surface area contributed by atoms with E-state index in [1.807, 2.05) is 0 Å². The maximum Gasteiger partial charge on any atom is 0.0494 e. The Kier molecular flexibility index (Phi) is 5.97. The first kappa shape index (κ1) is 26.5. The molecule has 0 aliphatic rings. The smallest absolute Gasteiger partial charge is 0.0494 e. The van der Waals surface area contributed by atoms with Crippen LogP contribution in [0.3, 0.4) is 0 Å². The second-order valence-electron chi connectivity index (χ2n) is 12.3. The molecule has 0 fully saturated rings. The van der Waals surface area contributed by atoms with Crippen LogP contribution in [0.2, 0.25) is 0 Å². The summed E-state index contributed by atoms with van der Waals surface area (Å²) in [4.78, 5) is 0. The number of fused-ring (bicyclic) bond motifs is 8. The van der Waals surface area contributed by atoms with Gasteiger partial charge in [-0.2, -0.15) is 0 Å². The standard InChI is InChI=1S/C44H32N2/c1-45-41-17-9-7-15-37(41)39-25-21-29(27-43(39)45)19-23-35-31-11-3-5-13-33(31)36(34-14-6-4-12-32(34)35)24-20-30-22-26-40-38-16-8-10-18-42(38)46(2)44(40)28-30/h3-28H,1-2H3/b23-19+,24-20+. The van der Waals surface area contributed by atoms with Gasteiger partial charge in [-0.1, -0.05) is 133 Å². The Labute approximate surface area is 267 Å². The summed E-state index contributed by atoms with van der Waals surface area (Å²) in [6.07, 6.45) is 9.13. The molecule has 0 saturated heterocycles. The van der Waals surface area contributed by atoms with Gasteiger partial charge in [0.15, 0.2) is 0 Å². The maximum atomic E-state index is 2.31. The van der Waals surface area contributed by atoms with E-state index in [-0.39, 0.29) is 0 Å². The van der Waals surface area contributed by atoms with Gasteiger partial charge in [-0.15, -0.1) is 0 Å². The molecule has 0 spiro atoms. The lowest BCUT2D eigenvalue weighted by molar-refractivity contribution is 1.01. The highest BCUT2D eigenvalue weighted by molar-refractivity contribution is 6.15. The van der Waals surface area contributed by atoms with Crippen molar-refractivity contribution in [3.63, 3.8) is 0 Å². The summed E-state index contributed by atoms with van der Waals surface area (Å²) in [6.45, 7) is 0. The molecule has 0 N–H and O–H groups in total. The van der Waals surface area contributed by atoms with Crippen LogP contribution in [0.25, 0.3) is 89.5 Å². The van der Waals surface area contributed by atoms with Gasteiger partial charge in [0.1, 0.15) is 0 Å². The second kappa shape index (κ2) is 10.4. The summed E-state index contributed by atoms with van der Waals surface area (Å²) < 4.78 is 4.59. The fourth-order valence-electron chi connectivity index (χ4n) is 7.48. The number of nitrogens with zero attached hydrogens (tertiary/aromatic N) is 2. The monoisotopic (exact) mass is 588 g/mol. The van der Waals surface area contributed by atoms with Gasteiger partial charge in [0.25, 0.3) is 0 Å². The van der Waals surface area contributed by atoms with Crippen LogP contribution < -0.4 is 0 Å². The molecule has 9 aromatic rings. The third-order valence-corrected chi connectivity index (χ3v) is 9.78. The summed E-state index contributed by atoms with van der Waals surface area (Å²) in [5.74, 6) is 0. The van der Waals surface area contributed by atoms with Crippen molar-refractivity contribution in [3.8, 4) is 0 Å². The molecule has 2 heterocycles. The van der Waals surface area contributed by atoms with E-state index in [2.05, 4.69) is 181 Å². The van der Waals surface area contributed by atoms with Gasteiger partial charge in [0, 0.05) is 57.7 Å². The summed E-state index contributed by atoms with van der Waals surface area (Å²) in [5, 5.41) is 10.2.